The molecule has 0 amide bonds. The van der Waals surface area contributed by atoms with Crippen LogP contribution in [0.25, 0.3) is 11.0 Å². The van der Waals surface area contributed by atoms with E-state index in [4.69, 9.17) is 5.73 Å². The number of halogens is 2. The monoisotopic (exact) mass is 387 g/mol. The third kappa shape index (κ3) is 2.40. The number of hydrogen-bond acceptors (Lipinski definition) is 2. The highest BCUT2D eigenvalue weighted by Crippen LogP contribution is 2.42. The molecule has 1 heterocycles. The maximum absolute atomic E-state index is 13.8. The Balaban J connectivity index is 2.03. The number of nitrogen functional groups attached to an aromatic ring is 1. The fraction of sp³-hybridized carbons (Fsp3) is 0.533. The Kier molecular flexibility index (Phi) is 3.43. The molecule has 1 saturated carbocycles. The summed E-state index contributed by atoms with van der Waals surface area (Å²) in [5.41, 5.74) is 8.10. The minimum atomic E-state index is -0.199. The van der Waals surface area contributed by atoms with Crippen LogP contribution in [0.2, 0.25) is 0 Å². The number of anilines is 1. The van der Waals surface area contributed by atoms with Crippen LogP contribution in [0, 0.1) is 14.8 Å². The largest absolute Gasteiger partial charge is 0.369 e. The second-order valence-corrected chi connectivity index (χ2v) is 7.65. The summed E-state index contributed by atoms with van der Waals surface area (Å²) >= 11 is 1.99. The fourth-order valence-corrected chi connectivity index (χ4v) is 3.59. The van der Waals surface area contributed by atoms with Crippen LogP contribution < -0.4 is 5.73 Å². The van der Waals surface area contributed by atoms with E-state index in [9.17, 15) is 4.39 Å². The zero-order valence-corrected chi connectivity index (χ0v) is 13.9. The number of imidazole rings is 1. The molecule has 1 aliphatic carbocycles. The average Bonchev–Trinajstić information content (AvgIpc) is 2.66. The minimum Gasteiger partial charge on any atom is -0.369 e. The van der Waals surface area contributed by atoms with Crippen molar-refractivity contribution in [3.05, 3.63) is 21.5 Å². The highest BCUT2D eigenvalue weighted by Gasteiger charge is 2.29. The summed E-state index contributed by atoms with van der Waals surface area (Å²) in [5, 5.41) is 0. The van der Waals surface area contributed by atoms with Crippen molar-refractivity contribution in [2.45, 2.75) is 45.6 Å². The molecule has 5 heteroatoms. The molecule has 0 aliphatic heterocycles. The predicted molar refractivity (Wildman–Crippen MR) is 88.1 cm³/mol. The summed E-state index contributed by atoms with van der Waals surface area (Å²) in [7, 11) is 0. The first-order chi connectivity index (χ1) is 9.37. The molecular formula is C15H19FIN3. The fourth-order valence-electron chi connectivity index (χ4n) is 3.14. The van der Waals surface area contributed by atoms with Gasteiger partial charge >= 0.3 is 0 Å². The van der Waals surface area contributed by atoms with Gasteiger partial charge in [-0.25, -0.2) is 9.37 Å². The van der Waals surface area contributed by atoms with Crippen LogP contribution in [-0.2, 0) is 0 Å². The van der Waals surface area contributed by atoms with Gasteiger partial charge in [0.15, 0.2) is 0 Å². The van der Waals surface area contributed by atoms with Gasteiger partial charge in [0.2, 0.25) is 5.95 Å². The van der Waals surface area contributed by atoms with Gasteiger partial charge in [0, 0.05) is 12.1 Å². The molecule has 0 saturated heterocycles. The number of nitrogens with zero attached hydrogens (tertiary/aromatic N) is 2. The molecule has 2 N–H and O–H groups in total. The number of rotatable bonds is 1. The van der Waals surface area contributed by atoms with Crippen molar-refractivity contribution < 1.29 is 4.39 Å². The molecule has 0 radical (unpaired) electrons. The number of aromatic nitrogens is 2. The molecule has 1 aromatic carbocycles. The van der Waals surface area contributed by atoms with Crippen LogP contribution in [0.4, 0.5) is 10.3 Å². The van der Waals surface area contributed by atoms with Crippen LogP contribution in [-0.4, -0.2) is 9.55 Å². The van der Waals surface area contributed by atoms with Crippen molar-refractivity contribution in [2.24, 2.45) is 5.41 Å². The van der Waals surface area contributed by atoms with Crippen LogP contribution in [0.15, 0.2) is 12.1 Å². The van der Waals surface area contributed by atoms with E-state index in [1.807, 2.05) is 27.2 Å². The van der Waals surface area contributed by atoms with Crippen LogP contribution in [0.3, 0.4) is 0 Å². The van der Waals surface area contributed by atoms with E-state index in [1.54, 1.807) is 12.1 Å². The molecule has 0 unspecified atom stereocenters. The Morgan fingerprint density at radius 1 is 1.35 bits per heavy atom. The molecule has 0 atom stereocenters. The number of hydrogen-bond donors (Lipinski definition) is 1. The average molecular weight is 387 g/mol. The number of fused-ring (bicyclic) bond motifs is 1. The molecule has 108 valence electrons. The molecule has 1 fully saturated rings. The standard InChI is InChI=1S/C15H19FIN3/c1-15(2)5-3-9(4-6-15)20-13-7-10(16)11(17)8-12(13)19-14(20)18/h7-9H,3-6H2,1-2H3,(H2,18,19). The SMILES string of the molecule is CC1(C)CCC(n2c(N)nc3cc(I)c(F)cc32)CC1. The van der Waals surface area contributed by atoms with E-state index in [0.29, 0.717) is 21.0 Å². The lowest BCUT2D eigenvalue weighted by Gasteiger charge is -2.35. The van der Waals surface area contributed by atoms with Gasteiger partial charge < -0.3 is 10.3 Å². The van der Waals surface area contributed by atoms with E-state index >= 15 is 0 Å². The summed E-state index contributed by atoms with van der Waals surface area (Å²) in [6.45, 7) is 4.61. The Labute approximate surface area is 131 Å². The Hall–Kier alpha value is -0.850. The molecule has 0 bridgehead atoms. The van der Waals surface area contributed by atoms with Gasteiger partial charge in [0.1, 0.15) is 5.82 Å². The first-order valence-electron chi connectivity index (χ1n) is 7.00. The number of benzene rings is 1. The Bertz CT molecular complexity index is 653. The van der Waals surface area contributed by atoms with Crippen molar-refractivity contribution in [3.63, 3.8) is 0 Å². The summed E-state index contributed by atoms with van der Waals surface area (Å²) < 4.78 is 16.5. The normalized spacial score (nSPS) is 19.6. The van der Waals surface area contributed by atoms with E-state index in [2.05, 4.69) is 18.8 Å². The van der Waals surface area contributed by atoms with E-state index in [1.165, 1.54) is 12.8 Å². The predicted octanol–water partition coefficient (Wildman–Crippen LogP) is 4.50. The quantitative estimate of drug-likeness (QED) is 0.733. The topological polar surface area (TPSA) is 43.8 Å². The van der Waals surface area contributed by atoms with Crippen LogP contribution >= 0.6 is 22.6 Å². The van der Waals surface area contributed by atoms with Gasteiger partial charge in [0.25, 0.3) is 0 Å². The lowest BCUT2D eigenvalue weighted by Crippen LogP contribution is -2.24. The zero-order valence-electron chi connectivity index (χ0n) is 11.8. The highest BCUT2D eigenvalue weighted by atomic mass is 127. The number of nitrogens with two attached hydrogens (primary N) is 1. The molecule has 2 aromatic rings. The molecule has 1 aromatic heterocycles. The summed E-state index contributed by atoms with van der Waals surface area (Å²) in [5.74, 6) is 0.307. The molecule has 3 nitrogen and oxygen atoms in total. The maximum atomic E-state index is 13.8. The third-order valence-corrected chi connectivity index (χ3v) is 5.26. The first-order valence-corrected chi connectivity index (χ1v) is 8.08. The van der Waals surface area contributed by atoms with Crippen molar-refractivity contribution in [3.8, 4) is 0 Å². The molecule has 0 spiro atoms. The van der Waals surface area contributed by atoms with Gasteiger partial charge in [-0.15, -0.1) is 0 Å². The Morgan fingerprint density at radius 2 is 2.00 bits per heavy atom. The Morgan fingerprint density at radius 3 is 2.65 bits per heavy atom. The van der Waals surface area contributed by atoms with Gasteiger partial charge in [-0.2, -0.15) is 0 Å². The summed E-state index contributed by atoms with van der Waals surface area (Å²) in [6.07, 6.45) is 4.50. The van der Waals surface area contributed by atoms with Crippen LogP contribution in [0.1, 0.15) is 45.6 Å². The molecule has 20 heavy (non-hydrogen) atoms. The van der Waals surface area contributed by atoms with Crippen molar-refractivity contribution in [1.82, 2.24) is 9.55 Å². The van der Waals surface area contributed by atoms with Gasteiger partial charge in [-0.1, -0.05) is 13.8 Å². The first kappa shape index (κ1) is 14.1. The smallest absolute Gasteiger partial charge is 0.201 e. The lowest BCUT2D eigenvalue weighted by molar-refractivity contribution is 0.197. The van der Waals surface area contributed by atoms with Gasteiger partial charge in [-0.3, -0.25) is 0 Å². The van der Waals surface area contributed by atoms with Crippen LogP contribution in [0.5, 0.6) is 0 Å². The van der Waals surface area contributed by atoms with Gasteiger partial charge in [-0.05, 0) is 59.8 Å². The van der Waals surface area contributed by atoms with E-state index < -0.39 is 0 Å². The lowest BCUT2D eigenvalue weighted by atomic mass is 9.75. The highest BCUT2D eigenvalue weighted by molar-refractivity contribution is 14.1. The van der Waals surface area contributed by atoms with Crippen molar-refractivity contribution in [1.29, 1.82) is 0 Å². The van der Waals surface area contributed by atoms with Crippen molar-refractivity contribution >= 4 is 39.6 Å². The molecule has 1 aliphatic rings. The van der Waals surface area contributed by atoms with E-state index in [0.717, 1.165) is 23.9 Å². The maximum Gasteiger partial charge on any atom is 0.201 e. The minimum absolute atomic E-state index is 0.199. The summed E-state index contributed by atoms with van der Waals surface area (Å²) in [6, 6.07) is 3.68. The second-order valence-electron chi connectivity index (χ2n) is 6.49. The molecular weight excluding hydrogens is 368 g/mol. The zero-order chi connectivity index (χ0) is 14.5. The van der Waals surface area contributed by atoms with Gasteiger partial charge in [0.05, 0.1) is 14.6 Å². The molecule has 3 rings (SSSR count). The van der Waals surface area contributed by atoms with E-state index in [-0.39, 0.29) is 5.82 Å². The third-order valence-electron chi connectivity index (χ3n) is 4.43. The summed E-state index contributed by atoms with van der Waals surface area (Å²) in [4.78, 5) is 4.40. The van der Waals surface area contributed by atoms with Crippen molar-refractivity contribution in [2.75, 3.05) is 5.73 Å². The second kappa shape index (κ2) is 4.86.